The van der Waals surface area contributed by atoms with E-state index in [0.717, 1.165) is 5.82 Å². The molecule has 0 bridgehead atoms. The Morgan fingerprint density at radius 3 is 2.42 bits per heavy atom. The summed E-state index contributed by atoms with van der Waals surface area (Å²) in [7, 11) is -3.83. The van der Waals surface area contributed by atoms with Gasteiger partial charge in [-0.3, -0.25) is 4.79 Å². The molecule has 1 fully saturated rings. The lowest BCUT2D eigenvalue weighted by Gasteiger charge is -2.35. The number of sulfonamides is 1. The number of piperazine rings is 1. The molecule has 138 valence electrons. The number of nitrogens with one attached hydrogen (secondary N) is 1. The minimum atomic E-state index is -3.83. The Morgan fingerprint density at radius 1 is 1.08 bits per heavy atom. The highest BCUT2D eigenvalue weighted by molar-refractivity contribution is 7.89. The van der Waals surface area contributed by atoms with Gasteiger partial charge in [0.1, 0.15) is 10.7 Å². The summed E-state index contributed by atoms with van der Waals surface area (Å²) >= 11 is 5.92. The highest BCUT2D eigenvalue weighted by atomic mass is 35.5. The number of nitrogens with zero attached hydrogens (tertiary/aromatic N) is 3. The predicted octanol–water partition coefficient (Wildman–Crippen LogP) is 1.36. The number of pyridine rings is 1. The molecule has 3 rings (SSSR count). The molecule has 1 amide bonds. The number of carbonyl (C=O) groups excluding carboxylic acids is 1. The number of aromatic nitrogens is 1. The Bertz CT molecular complexity index is 869. The molecule has 9 heteroatoms. The lowest BCUT2D eigenvalue weighted by molar-refractivity contribution is -0.130. The Hall–Kier alpha value is -2.16. The molecule has 0 aliphatic carbocycles. The number of hydrogen-bond donors (Lipinski definition) is 1. The van der Waals surface area contributed by atoms with E-state index in [9.17, 15) is 13.2 Å². The standard InChI is InChI=1S/C17H19ClN4O3S/c18-14-5-1-2-6-15(14)26(24,25)20-13-17(23)22-11-9-21(10-12-22)16-7-3-4-8-19-16/h1-8,20H,9-13H2. The Morgan fingerprint density at radius 2 is 1.77 bits per heavy atom. The van der Waals surface area contributed by atoms with E-state index >= 15 is 0 Å². The first-order valence-corrected chi connectivity index (χ1v) is 10.0. The summed E-state index contributed by atoms with van der Waals surface area (Å²) in [4.78, 5) is 20.3. The second kappa shape index (κ2) is 8.03. The van der Waals surface area contributed by atoms with Gasteiger partial charge in [0.05, 0.1) is 11.6 Å². The number of anilines is 1. The predicted molar refractivity (Wildman–Crippen MR) is 99.7 cm³/mol. The van der Waals surface area contributed by atoms with Crippen molar-refractivity contribution in [1.29, 1.82) is 0 Å². The fraction of sp³-hybridized carbons (Fsp3) is 0.294. The van der Waals surface area contributed by atoms with Crippen molar-refractivity contribution in [2.75, 3.05) is 37.6 Å². The fourth-order valence-electron chi connectivity index (χ4n) is 2.73. The van der Waals surface area contributed by atoms with Gasteiger partial charge in [-0.1, -0.05) is 29.8 Å². The molecule has 2 aromatic rings. The third-order valence-electron chi connectivity index (χ3n) is 4.15. The van der Waals surface area contributed by atoms with Crippen molar-refractivity contribution in [1.82, 2.24) is 14.6 Å². The molecule has 26 heavy (non-hydrogen) atoms. The van der Waals surface area contributed by atoms with Crippen molar-refractivity contribution < 1.29 is 13.2 Å². The summed E-state index contributed by atoms with van der Waals surface area (Å²) in [6, 6.07) is 11.8. The van der Waals surface area contributed by atoms with E-state index < -0.39 is 10.0 Å². The fourth-order valence-corrected chi connectivity index (χ4v) is 4.23. The van der Waals surface area contributed by atoms with E-state index in [2.05, 4.69) is 14.6 Å². The molecule has 2 heterocycles. The normalized spacial score (nSPS) is 15.1. The lowest BCUT2D eigenvalue weighted by atomic mass is 10.3. The first kappa shape index (κ1) is 18.6. The van der Waals surface area contributed by atoms with Crippen molar-refractivity contribution in [3.63, 3.8) is 0 Å². The average Bonchev–Trinajstić information content (AvgIpc) is 2.67. The zero-order valence-electron chi connectivity index (χ0n) is 14.0. The SMILES string of the molecule is O=C(CNS(=O)(=O)c1ccccc1Cl)N1CCN(c2ccccn2)CC1. The van der Waals surface area contributed by atoms with Gasteiger partial charge in [0.25, 0.3) is 0 Å². The van der Waals surface area contributed by atoms with Crippen LogP contribution in [0.15, 0.2) is 53.6 Å². The van der Waals surface area contributed by atoms with E-state index in [1.165, 1.54) is 12.1 Å². The van der Waals surface area contributed by atoms with Gasteiger partial charge < -0.3 is 9.80 Å². The van der Waals surface area contributed by atoms with Gasteiger partial charge >= 0.3 is 0 Å². The maximum atomic E-state index is 12.3. The van der Waals surface area contributed by atoms with Crippen LogP contribution in [-0.4, -0.2) is 56.9 Å². The molecule has 1 aliphatic heterocycles. The molecule has 0 radical (unpaired) electrons. The van der Waals surface area contributed by atoms with Gasteiger partial charge in [0, 0.05) is 32.4 Å². The van der Waals surface area contributed by atoms with E-state index in [1.807, 2.05) is 18.2 Å². The number of hydrogen-bond acceptors (Lipinski definition) is 5. The van der Waals surface area contributed by atoms with Gasteiger partial charge in [-0.2, -0.15) is 0 Å². The molecule has 1 aromatic carbocycles. The van der Waals surface area contributed by atoms with Crippen LogP contribution in [0.3, 0.4) is 0 Å². The van der Waals surface area contributed by atoms with Gasteiger partial charge in [-0.05, 0) is 24.3 Å². The van der Waals surface area contributed by atoms with Crippen LogP contribution >= 0.6 is 11.6 Å². The lowest BCUT2D eigenvalue weighted by Crippen LogP contribution is -2.51. The summed E-state index contributed by atoms with van der Waals surface area (Å²) in [6.45, 7) is 2.05. The zero-order chi connectivity index (χ0) is 18.6. The smallest absolute Gasteiger partial charge is 0.242 e. The highest BCUT2D eigenvalue weighted by Gasteiger charge is 2.24. The number of amides is 1. The monoisotopic (exact) mass is 394 g/mol. The first-order valence-electron chi connectivity index (χ1n) is 8.15. The van der Waals surface area contributed by atoms with Gasteiger partial charge in [0.15, 0.2) is 0 Å². The zero-order valence-corrected chi connectivity index (χ0v) is 15.6. The topological polar surface area (TPSA) is 82.6 Å². The van der Waals surface area contributed by atoms with E-state index in [-0.39, 0.29) is 22.4 Å². The molecule has 0 unspecified atom stereocenters. The second-order valence-corrected chi connectivity index (χ2v) is 7.95. The minimum Gasteiger partial charge on any atom is -0.353 e. The van der Waals surface area contributed by atoms with Crippen LogP contribution in [0.2, 0.25) is 5.02 Å². The maximum Gasteiger partial charge on any atom is 0.242 e. The Balaban J connectivity index is 1.54. The molecule has 1 aromatic heterocycles. The highest BCUT2D eigenvalue weighted by Crippen LogP contribution is 2.20. The van der Waals surface area contributed by atoms with Gasteiger partial charge in [-0.25, -0.2) is 18.1 Å². The van der Waals surface area contributed by atoms with Crippen LogP contribution in [-0.2, 0) is 14.8 Å². The number of carbonyl (C=O) groups is 1. The van der Waals surface area contributed by atoms with E-state index in [0.29, 0.717) is 26.2 Å². The van der Waals surface area contributed by atoms with E-state index in [4.69, 9.17) is 11.6 Å². The van der Waals surface area contributed by atoms with Crippen LogP contribution in [0, 0.1) is 0 Å². The molecule has 1 N–H and O–H groups in total. The third kappa shape index (κ3) is 4.32. The van der Waals surface area contributed by atoms with Crippen molar-refractivity contribution >= 4 is 33.3 Å². The van der Waals surface area contributed by atoms with E-state index in [1.54, 1.807) is 23.2 Å². The number of benzene rings is 1. The summed E-state index contributed by atoms with van der Waals surface area (Å²) in [5.74, 6) is 0.611. The Labute approximate surface area is 157 Å². The molecular weight excluding hydrogens is 376 g/mol. The second-order valence-electron chi connectivity index (χ2n) is 5.81. The van der Waals surface area contributed by atoms with Gasteiger partial charge in [0.2, 0.25) is 15.9 Å². The average molecular weight is 395 g/mol. The molecule has 0 saturated carbocycles. The number of halogens is 1. The molecule has 0 spiro atoms. The van der Waals surface area contributed by atoms with Crippen LogP contribution < -0.4 is 9.62 Å². The molecule has 1 saturated heterocycles. The van der Waals surface area contributed by atoms with Gasteiger partial charge in [-0.15, -0.1) is 0 Å². The summed E-state index contributed by atoms with van der Waals surface area (Å²) in [6.07, 6.45) is 1.73. The maximum absolute atomic E-state index is 12.3. The van der Waals surface area contributed by atoms with Crippen molar-refractivity contribution in [3.05, 3.63) is 53.7 Å². The van der Waals surface area contributed by atoms with Crippen molar-refractivity contribution in [3.8, 4) is 0 Å². The summed E-state index contributed by atoms with van der Waals surface area (Å²) in [5, 5.41) is 0.122. The van der Waals surface area contributed by atoms with Crippen LogP contribution in [0.5, 0.6) is 0 Å². The summed E-state index contributed by atoms with van der Waals surface area (Å²) in [5.41, 5.74) is 0. The van der Waals surface area contributed by atoms with Crippen LogP contribution in [0.4, 0.5) is 5.82 Å². The first-order chi connectivity index (χ1) is 12.5. The number of rotatable bonds is 5. The Kier molecular flexibility index (Phi) is 5.75. The quantitative estimate of drug-likeness (QED) is 0.828. The minimum absolute atomic E-state index is 0.0329. The third-order valence-corrected chi connectivity index (χ3v) is 6.05. The van der Waals surface area contributed by atoms with Crippen LogP contribution in [0.1, 0.15) is 0 Å². The molecule has 7 nitrogen and oxygen atoms in total. The summed E-state index contributed by atoms with van der Waals surface area (Å²) < 4.78 is 26.9. The molecule has 0 atom stereocenters. The van der Waals surface area contributed by atoms with Crippen molar-refractivity contribution in [2.24, 2.45) is 0 Å². The largest absolute Gasteiger partial charge is 0.353 e. The van der Waals surface area contributed by atoms with Crippen LogP contribution in [0.25, 0.3) is 0 Å². The molecular formula is C17H19ClN4O3S. The van der Waals surface area contributed by atoms with Crippen molar-refractivity contribution in [2.45, 2.75) is 4.90 Å². The molecule has 1 aliphatic rings.